The van der Waals surface area contributed by atoms with Gasteiger partial charge in [-0.25, -0.2) is 14.0 Å². The number of rotatable bonds is 8. The minimum atomic E-state index is -0.825. The molecule has 1 saturated carbocycles. The van der Waals surface area contributed by atoms with Gasteiger partial charge >= 0.3 is 12.1 Å². The van der Waals surface area contributed by atoms with E-state index < -0.39 is 29.8 Å². The zero-order valence-corrected chi connectivity index (χ0v) is 19.7. The first-order valence-corrected chi connectivity index (χ1v) is 11.4. The maximum absolute atomic E-state index is 14.2. The molecule has 2 aromatic carbocycles. The van der Waals surface area contributed by atoms with Crippen LogP contribution in [0.1, 0.15) is 24.8 Å². The van der Waals surface area contributed by atoms with Gasteiger partial charge in [0.2, 0.25) is 5.91 Å². The average molecular weight is 502 g/mol. The minimum Gasteiger partial charge on any atom is -0.497 e. The van der Waals surface area contributed by atoms with E-state index in [-0.39, 0.29) is 17.1 Å². The predicted molar refractivity (Wildman–Crippen MR) is 130 cm³/mol. The first-order chi connectivity index (χ1) is 16.8. The lowest BCUT2D eigenvalue weighted by Gasteiger charge is -2.19. The van der Waals surface area contributed by atoms with Gasteiger partial charge in [-0.1, -0.05) is 36.6 Å². The Balaban J connectivity index is 1.47. The highest BCUT2D eigenvalue weighted by atomic mass is 35.5. The largest absolute Gasteiger partial charge is 0.497 e. The summed E-state index contributed by atoms with van der Waals surface area (Å²) in [6.45, 7) is -0.0658. The van der Waals surface area contributed by atoms with Crippen LogP contribution in [0.2, 0.25) is 5.02 Å². The van der Waals surface area contributed by atoms with E-state index in [0.29, 0.717) is 34.7 Å². The molecule has 0 spiro atoms. The SMILES string of the molecule is COc1ccc2c(NC(=O)N[C@@H](CC3CC3)C(=O)NCc3cccc(Cl)c3F)cn(C(N)=O)c2c1. The molecule has 0 aliphatic heterocycles. The third-order valence-electron chi connectivity index (χ3n) is 5.87. The second kappa shape index (κ2) is 10.2. The van der Waals surface area contributed by atoms with E-state index in [1.165, 1.54) is 30.0 Å². The Morgan fingerprint density at radius 1 is 1.26 bits per heavy atom. The molecule has 1 heterocycles. The van der Waals surface area contributed by atoms with Crippen molar-refractivity contribution >= 4 is 46.2 Å². The molecule has 4 amide bonds. The number of amides is 4. The highest BCUT2D eigenvalue weighted by Crippen LogP contribution is 2.34. The van der Waals surface area contributed by atoms with Crippen molar-refractivity contribution in [3.05, 3.63) is 59.0 Å². The fourth-order valence-electron chi connectivity index (χ4n) is 3.84. The summed E-state index contributed by atoms with van der Waals surface area (Å²) >= 11 is 5.80. The number of ether oxygens (including phenoxy) is 1. The number of aromatic nitrogens is 1. The number of halogens is 2. The summed E-state index contributed by atoms with van der Waals surface area (Å²) < 4.78 is 20.5. The minimum absolute atomic E-state index is 0.0310. The van der Waals surface area contributed by atoms with Gasteiger partial charge in [0.1, 0.15) is 17.6 Å². The molecule has 0 bridgehead atoms. The molecule has 3 aromatic rings. The maximum atomic E-state index is 14.2. The summed E-state index contributed by atoms with van der Waals surface area (Å²) in [5.74, 6) is -0.179. The normalized spacial score (nSPS) is 13.8. The lowest BCUT2D eigenvalue weighted by molar-refractivity contribution is -0.123. The number of fused-ring (bicyclic) bond motifs is 1. The molecule has 0 saturated heterocycles. The van der Waals surface area contributed by atoms with Gasteiger partial charge in [0.15, 0.2) is 0 Å². The van der Waals surface area contributed by atoms with Gasteiger partial charge in [0.05, 0.1) is 23.3 Å². The van der Waals surface area contributed by atoms with Crippen LogP contribution in [-0.2, 0) is 11.3 Å². The molecule has 1 atom stereocenters. The number of anilines is 1. The summed E-state index contributed by atoms with van der Waals surface area (Å²) in [4.78, 5) is 37.5. The molecule has 9 nitrogen and oxygen atoms in total. The summed E-state index contributed by atoms with van der Waals surface area (Å²) in [5.41, 5.74) is 6.51. The lowest BCUT2D eigenvalue weighted by Crippen LogP contribution is -2.48. The summed E-state index contributed by atoms with van der Waals surface area (Å²) in [5, 5.41) is 8.59. The smallest absolute Gasteiger partial charge is 0.323 e. The van der Waals surface area contributed by atoms with Crippen LogP contribution in [0.4, 0.5) is 19.7 Å². The van der Waals surface area contributed by atoms with Crippen LogP contribution in [0.3, 0.4) is 0 Å². The molecule has 1 aliphatic rings. The number of urea groups is 1. The molecule has 4 rings (SSSR count). The van der Waals surface area contributed by atoms with Crippen LogP contribution in [0.25, 0.3) is 10.9 Å². The Bertz CT molecular complexity index is 1290. The number of carbonyl (C=O) groups is 3. The van der Waals surface area contributed by atoms with Crippen molar-refractivity contribution < 1.29 is 23.5 Å². The molecule has 0 radical (unpaired) electrons. The highest BCUT2D eigenvalue weighted by molar-refractivity contribution is 6.30. The Kier molecular flexibility index (Phi) is 7.11. The van der Waals surface area contributed by atoms with Crippen molar-refractivity contribution in [2.45, 2.75) is 31.8 Å². The first kappa shape index (κ1) is 24.3. The summed E-state index contributed by atoms with van der Waals surface area (Å²) in [6, 6.07) is 7.38. The number of nitrogens with zero attached hydrogens (tertiary/aromatic N) is 1. The second-order valence-electron chi connectivity index (χ2n) is 8.39. The van der Waals surface area contributed by atoms with Gasteiger partial charge < -0.3 is 26.4 Å². The summed E-state index contributed by atoms with van der Waals surface area (Å²) in [6.07, 6.45) is 3.81. The third kappa shape index (κ3) is 5.65. The number of carbonyl (C=O) groups excluding carboxylic acids is 3. The molecule has 1 aromatic heterocycles. The molecular formula is C24H25ClFN5O4. The zero-order chi connectivity index (χ0) is 25.1. The van der Waals surface area contributed by atoms with Crippen LogP contribution in [-0.4, -0.2) is 35.7 Å². The van der Waals surface area contributed by atoms with Gasteiger partial charge in [0.25, 0.3) is 0 Å². The number of methoxy groups -OCH3 is 1. The van der Waals surface area contributed by atoms with Gasteiger partial charge in [-0.2, -0.15) is 0 Å². The molecule has 11 heteroatoms. The topological polar surface area (TPSA) is 127 Å². The van der Waals surface area contributed by atoms with Crippen LogP contribution < -0.4 is 26.4 Å². The average Bonchev–Trinajstić information content (AvgIpc) is 3.58. The van der Waals surface area contributed by atoms with Crippen molar-refractivity contribution in [3.63, 3.8) is 0 Å². The van der Waals surface area contributed by atoms with Crippen molar-refractivity contribution in [1.29, 1.82) is 0 Å². The molecule has 5 N–H and O–H groups in total. The fraction of sp³-hybridized carbons (Fsp3) is 0.292. The van der Waals surface area contributed by atoms with E-state index in [0.717, 1.165) is 12.8 Å². The van der Waals surface area contributed by atoms with Crippen molar-refractivity contribution in [2.75, 3.05) is 12.4 Å². The monoisotopic (exact) mass is 501 g/mol. The Labute approximate surface area is 205 Å². The number of hydrogen-bond acceptors (Lipinski definition) is 4. The maximum Gasteiger partial charge on any atom is 0.323 e. The van der Waals surface area contributed by atoms with Gasteiger partial charge in [-0.15, -0.1) is 0 Å². The van der Waals surface area contributed by atoms with E-state index in [2.05, 4.69) is 16.0 Å². The standard InChI is InChI=1S/C24H25ClFN5O4/c1-35-15-7-8-16-19(12-31(23(27)33)20(16)10-15)30-24(34)29-18(9-13-5-6-13)22(32)28-11-14-3-2-4-17(25)21(14)26/h2-4,7-8,10,12-13,18H,5-6,9,11H2,1H3,(H2,27,33)(H,28,32)(H2,29,30,34)/t18-/m0/s1. The molecule has 1 aliphatic carbocycles. The highest BCUT2D eigenvalue weighted by Gasteiger charge is 2.30. The molecule has 35 heavy (non-hydrogen) atoms. The van der Waals surface area contributed by atoms with Crippen molar-refractivity contribution in [2.24, 2.45) is 11.7 Å². The third-order valence-corrected chi connectivity index (χ3v) is 6.16. The number of nitrogens with two attached hydrogens (primary N) is 1. The van der Waals surface area contributed by atoms with Crippen molar-refractivity contribution in [3.8, 4) is 5.75 Å². The molecule has 184 valence electrons. The Hall–Kier alpha value is -3.79. The van der Waals surface area contributed by atoms with E-state index >= 15 is 0 Å². The molecule has 0 unspecified atom stereocenters. The van der Waals surface area contributed by atoms with Gasteiger partial charge in [0, 0.05) is 29.8 Å². The number of nitrogens with one attached hydrogen (secondary N) is 3. The number of primary amides is 1. The van der Waals surface area contributed by atoms with E-state index in [1.54, 1.807) is 24.3 Å². The van der Waals surface area contributed by atoms with Gasteiger partial charge in [-0.05, 0) is 30.5 Å². The zero-order valence-electron chi connectivity index (χ0n) is 18.9. The van der Waals surface area contributed by atoms with Crippen LogP contribution >= 0.6 is 11.6 Å². The lowest BCUT2D eigenvalue weighted by atomic mass is 10.1. The predicted octanol–water partition coefficient (Wildman–Crippen LogP) is 3.98. The van der Waals surface area contributed by atoms with Crippen LogP contribution in [0, 0.1) is 11.7 Å². The number of benzene rings is 2. The first-order valence-electron chi connectivity index (χ1n) is 11.0. The molecule has 1 fully saturated rings. The Morgan fingerprint density at radius 3 is 2.71 bits per heavy atom. The number of hydrogen-bond donors (Lipinski definition) is 4. The van der Waals surface area contributed by atoms with E-state index in [4.69, 9.17) is 22.1 Å². The molecular weight excluding hydrogens is 477 g/mol. The van der Waals surface area contributed by atoms with E-state index in [9.17, 15) is 18.8 Å². The Morgan fingerprint density at radius 2 is 2.03 bits per heavy atom. The van der Waals surface area contributed by atoms with Crippen molar-refractivity contribution in [1.82, 2.24) is 15.2 Å². The van der Waals surface area contributed by atoms with Crippen LogP contribution in [0.5, 0.6) is 5.75 Å². The van der Waals surface area contributed by atoms with E-state index in [1.807, 2.05) is 0 Å². The second-order valence-corrected chi connectivity index (χ2v) is 8.80. The summed E-state index contributed by atoms with van der Waals surface area (Å²) in [7, 11) is 1.50. The van der Waals surface area contributed by atoms with Crippen LogP contribution in [0.15, 0.2) is 42.6 Å². The fourth-order valence-corrected chi connectivity index (χ4v) is 4.04. The van der Waals surface area contributed by atoms with Gasteiger partial charge in [-0.3, -0.25) is 9.36 Å². The quantitative estimate of drug-likeness (QED) is 0.372.